The Hall–Kier alpha value is -5.45. The summed E-state index contributed by atoms with van der Waals surface area (Å²) in [6.07, 6.45) is 7.95. The topological polar surface area (TPSA) is 118 Å². The number of pyridine rings is 2. The average molecular weight is 546 g/mol. The molecular weight excluding hydrogens is 521 g/mol. The fraction of sp³-hybridized carbons (Fsp3) is 0.133. The highest BCUT2D eigenvalue weighted by Crippen LogP contribution is 2.39. The number of amides is 1. The van der Waals surface area contributed by atoms with Crippen LogP contribution in [0.2, 0.25) is 0 Å². The molecule has 1 aliphatic heterocycles. The molecular formula is C30H24FN9O. The molecule has 2 N–H and O–H groups in total. The second-order valence-corrected chi connectivity index (χ2v) is 10.0. The van der Waals surface area contributed by atoms with E-state index in [2.05, 4.69) is 30.4 Å². The number of aryl methyl sites for hydroxylation is 3. The van der Waals surface area contributed by atoms with E-state index in [1.54, 1.807) is 34.2 Å². The number of benzene rings is 1. The van der Waals surface area contributed by atoms with Crippen molar-refractivity contribution in [3.05, 3.63) is 95.6 Å². The highest BCUT2D eigenvalue weighted by molar-refractivity contribution is 6.15. The van der Waals surface area contributed by atoms with Crippen molar-refractivity contribution in [3.8, 4) is 22.5 Å². The molecule has 0 saturated carbocycles. The van der Waals surface area contributed by atoms with Crippen molar-refractivity contribution < 1.29 is 9.18 Å². The minimum Gasteiger partial charge on any atom is -0.359 e. The number of aromatic amines is 1. The molecule has 5 aromatic heterocycles. The summed E-state index contributed by atoms with van der Waals surface area (Å²) in [4.78, 5) is 36.4. The van der Waals surface area contributed by atoms with E-state index in [9.17, 15) is 9.18 Å². The van der Waals surface area contributed by atoms with Crippen LogP contribution in [0, 0.1) is 19.7 Å². The van der Waals surface area contributed by atoms with Gasteiger partial charge in [-0.1, -0.05) is 12.1 Å². The number of nitrogens with one attached hydrogen (secondary N) is 2. The van der Waals surface area contributed by atoms with E-state index >= 15 is 0 Å². The predicted octanol–water partition coefficient (Wildman–Crippen LogP) is 5.48. The Labute approximate surface area is 233 Å². The first kappa shape index (κ1) is 24.6. The first-order valence-electron chi connectivity index (χ1n) is 13.0. The first-order chi connectivity index (χ1) is 19.9. The molecule has 0 saturated heterocycles. The van der Waals surface area contributed by atoms with E-state index in [-0.39, 0.29) is 5.91 Å². The lowest BCUT2D eigenvalue weighted by molar-refractivity contribution is 0.0997. The van der Waals surface area contributed by atoms with Crippen LogP contribution in [0.4, 0.5) is 21.8 Å². The Balaban J connectivity index is 1.26. The SMILES string of the molecule is Cc1cnc(Nc2cc(C)n(C)n2)nc1-c1c[nH]c2c(N3Cc4c(ccnc4-c4cncc(F)c4)C3=O)cccc12. The molecule has 0 radical (unpaired) electrons. The number of carbonyl (C=O) groups excluding carboxylic acids is 1. The van der Waals surface area contributed by atoms with Gasteiger partial charge in [0.2, 0.25) is 5.95 Å². The van der Waals surface area contributed by atoms with Crippen LogP contribution in [0.1, 0.15) is 27.2 Å². The summed E-state index contributed by atoms with van der Waals surface area (Å²) in [6.45, 7) is 4.23. The third-order valence-electron chi connectivity index (χ3n) is 7.39. The average Bonchev–Trinajstić information content (AvgIpc) is 3.64. The number of para-hydroxylation sites is 1. The normalized spacial score (nSPS) is 12.8. The summed E-state index contributed by atoms with van der Waals surface area (Å²) in [6, 6.07) is 10.8. The number of H-pyrrole nitrogens is 1. The van der Waals surface area contributed by atoms with E-state index in [0.717, 1.165) is 50.9 Å². The van der Waals surface area contributed by atoms with Gasteiger partial charge in [-0.25, -0.2) is 14.4 Å². The number of anilines is 3. The lowest BCUT2D eigenvalue weighted by Crippen LogP contribution is -2.23. The van der Waals surface area contributed by atoms with E-state index in [1.807, 2.05) is 51.4 Å². The molecule has 10 nitrogen and oxygen atoms in total. The van der Waals surface area contributed by atoms with Gasteiger partial charge in [0.1, 0.15) is 5.82 Å². The zero-order chi connectivity index (χ0) is 28.2. The minimum absolute atomic E-state index is 0.146. The van der Waals surface area contributed by atoms with Crippen LogP contribution < -0.4 is 10.2 Å². The second-order valence-electron chi connectivity index (χ2n) is 10.0. The van der Waals surface area contributed by atoms with Gasteiger partial charge in [0.15, 0.2) is 5.82 Å². The molecule has 6 heterocycles. The standard InChI is InChI=1S/C30H24FN9O/c1-16-11-35-30(36-25-9-17(2)39(3)38-25)37-26(16)22-14-34-28-20(22)5-4-6-24(28)40-15-23-21(29(40)41)7-8-33-27(23)18-10-19(31)13-32-12-18/h4-14,34H,15H2,1-3H3,(H,35,36,37,38). The third kappa shape index (κ3) is 4.09. The summed E-state index contributed by atoms with van der Waals surface area (Å²) >= 11 is 0. The second kappa shape index (κ2) is 9.33. The van der Waals surface area contributed by atoms with Gasteiger partial charge in [-0.05, 0) is 37.6 Å². The molecule has 0 fully saturated rings. The van der Waals surface area contributed by atoms with Gasteiger partial charge in [-0.3, -0.25) is 19.4 Å². The summed E-state index contributed by atoms with van der Waals surface area (Å²) in [5.74, 6) is 0.495. The maximum atomic E-state index is 13.9. The van der Waals surface area contributed by atoms with E-state index in [4.69, 9.17) is 4.98 Å². The number of nitrogens with zero attached hydrogens (tertiary/aromatic N) is 7. The van der Waals surface area contributed by atoms with E-state index < -0.39 is 5.82 Å². The van der Waals surface area contributed by atoms with Crippen LogP contribution in [0.15, 0.2) is 67.4 Å². The monoisotopic (exact) mass is 545 g/mol. The van der Waals surface area contributed by atoms with Gasteiger partial charge < -0.3 is 15.2 Å². The van der Waals surface area contributed by atoms with Crippen molar-refractivity contribution in [1.82, 2.24) is 34.7 Å². The first-order valence-corrected chi connectivity index (χ1v) is 13.0. The lowest BCUT2D eigenvalue weighted by atomic mass is 10.0. The third-order valence-corrected chi connectivity index (χ3v) is 7.39. The number of halogens is 1. The van der Waals surface area contributed by atoms with E-state index in [1.165, 1.54) is 6.07 Å². The summed E-state index contributed by atoms with van der Waals surface area (Å²) in [7, 11) is 1.88. The van der Waals surface area contributed by atoms with Gasteiger partial charge >= 0.3 is 0 Å². The van der Waals surface area contributed by atoms with Crippen molar-refractivity contribution in [2.75, 3.05) is 10.2 Å². The Morgan fingerprint density at radius 1 is 1.02 bits per heavy atom. The molecule has 7 rings (SSSR count). The van der Waals surface area contributed by atoms with Gasteiger partial charge in [0, 0.05) is 71.2 Å². The predicted molar refractivity (Wildman–Crippen MR) is 153 cm³/mol. The quantitative estimate of drug-likeness (QED) is 0.295. The Kier molecular flexibility index (Phi) is 5.60. The molecule has 0 atom stereocenters. The molecule has 1 aliphatic rings. The molecule has 1 amide bonds. The van der Waals surface area contributed by atoms with Gasteiger partial charge in [-0.15, -0.1) is 0 Å². The number of fused-ring (bicyclic) bond motifs is 2. The van der Waals surface area contributed by atoms with E-state index in [0.29, 0.717) is 35.1 Å². The number of carbonyl (C=O) groups is 1. The van der Waals surface area contributed by atoms with Crippen LogP contribution in [0.5, 0.6) is 0 Å². The van der Waals surface area contributed by atoms with Crippen molar-refractivity contribution in [2.24, 2.45) is 7.05 Å². The molecule has 202 valence electrons. The van der Waals surface area contributed by atoms with Crippen molar-refractivity contribution in [3.63, 3.8) is 0 Å². The molecule has 41 heavy (non-hydrogen) atoms. The zero-order valence-corrected chi connectivity index (χ0v) is 22.5. The molecule has 0 aliphatic carbocycles. The summed E-state index contributed by atoms with van der Waals surface area (Å²) < 4.78 is 15.7. The van der Waals surface area contributed by atoms with Gasteiger partial charge in [0.05, 0.1) is 35.3 Å². The van der Waals surface area contributed by atoms with Crippen molar-refractivity contribution in [1.29, 1.82) is 0 Å². The number of aromatic nitrogens is 7. The van der Waals surface area contributed by atoms with Crippen LogP contribution in [-0.4, -0.2) is 40.6 Å². The molecule has 0 spiro atoms. The number of rotatable bonds is 5. The number of hydrogen-bond acceptors (Lipinski definition) is 7. The fourth-order valence-corrected chi connectivity index (χ4v) is 5.28. The highest BCUT2D eigenvalue weighted by atomic mass is 19.1. The summed E-state index contributed by atoms with van der Waals surface area (Å²) in [5.41, 5.74) is 7.45. The van der Waals surface area contributed by atoms with Gasteiger partial charge in [0.25, 0.3) is 5.91 Å². The zero-order valence-electron chi connectivity index (χ0n) is 22.5. The maximum absolute atomic E-state index is 13.9. The van der Waals surface area contributed by atoms with Crippen LogP contribution in [0.3, 0.4) is 0 Å². The number of hydrogen-bond donors (Lipinski definition) is 2. The largest absolute Gasteiger partial charge is 0.359 e. The minimum atomic E-state index is -0.458. The van der Waals surface area contributed by atoms with Crippen LogP contribution >= 0.6 is 0 Å². The smallest absolute Gasteiger partial charge is 0.259 e. The van der Waals surface area contributed by atoms with Crippen LogP contribution in [-0.2, 0) is 13.6 Å². The van der Waals surface area contributed by atoms with Crippen LogP contribution in [0.25, 0.3) is 33.4 Å². The Morgan fingerprint density at radius 3 is 2.71 bits per heavy atom. The van der Waals surface area contributed by atoms with Gasteiger partial charge in [-0.2, -0.15) is 5.10 Å². The lowest BCUT2D eigenvalue weighted by Gasteiger charge is -2.17. The Bertz CT molecular complexity index is 1970. The molecule has 0 unspecified atom stereocenters. The highest BCUT2D eigenvalue weighted by Gasteiger charge is 2.33. The molecule has 11 heteroatoms. The molecule has 0 bridgehead atoms. The van der Waals surface area contributed by atoms with Crippen molar-refractivity contribution in [2.45, 2.75) is 20.4 Å². The summed E-state index contributed by atoms with van der Waals surface area (Å²) in [5, 5.41) is 8.54. The van der Waals surface area contributed by atoms with Crippen molar-refractivity contribution >= 4 is 34.3 Å². The Morgan fingerprint density at radius 2 is 1.90 bits per heavy atom. The molecule has 6 aromatic rings. The maximum Gasteiger partial charge on any atom is 0.259 e. The fourth-order valence-electron chi connectivity index (χ4n) is 5.28. The molecule has 1 aromatic carbocycles.